The number of hydrogen-bond acceptors (Lipinski definition) is 3. The molecule has 0 aromatic rings. The highest BCUT2D eigenvalue weighted by molar-refractivity contribution is 5.85. The summed E-state index contributed by atoms with van der Waals surface area (Å²) in [5, 5.41) is 0. The van der Waals surface area contributed by atoms with E-state index < -0.39 is 0 Å². The lowest BCUT2D eigenvalue weighted by Crippen LogP contribution is -2.52. The van der Waals surface area contributed by atoms with Crippen LogP contribution in [0.4, 0.5) is 0 Å². The summed E-state index contributed by atoms with van der Waals surface area (Å²) in [6, 6.07) is 0.639. The molecule has 17 heavy (non-hydrogen) atoms. The van der Waals surface area contributed by atoms with Gasteiger partial charge in [-0.05, 0) is 32.4 Å². The first kappa shape index (κ1) is 17.0. The molecule has 0 spiro atoms. The van der Waals surface area contributed by atoms with Crippen molar-refractivity contribution in [2.75, 3.05) is 32.7 Å². The topological polar surface area (TPSA) is 49.6 Å². The van der Waals surface area contributed by atoms with Crippen LogP contribution in [-0.2, 0) is 4.79 Å². The number of rotatable bonds is 3. The molecule has 0 aromatic heterocycles. The van der Waals surface area contributed by atoms with Gasteiger partial charge in [0.05, 0.1) is 0 Å². The summed E-state index contributed by atoms with van der Waals surface area (Å²) >= 11 is 0. The number of nitrogens with zero attached hydrogens (tertiary/aromatic N) is 2. The number of fused-ring (bicyclic) bond motifs is 1. The molecule has 1 amide bonds. The van der Waals surface area contributed by atoms with E-state index in [1.807, 2.05) is 4.90 Å². The summed E-state index contributed by atoms with van der Waals surface area (Å²) < 4.78 is 0. The number of carbonyl (C=O) groups excluding carboxylic acids is 1. The lowest BCUT2D eigenvalue weighted by atomic mass is 10.1. The van der Waals surface area contributed by atoms with Gasteiger partial charge in [-0.2, -0.15) is 0 Å². The molecule has 0 bridgehead atoms. The number of carbonyl (C=O) groups is 1. The Balaban J connectivity index is 0.00000128. The Morgan fingerprint density at radius 1 is 1.24 bits per heavy atom. The van der Waals surface area contributed by atoms with E-state index in [9.17, 15) is 4.79 Å². The maximum absolute atomic E-state index is 11.8. The molecular weight excluding hydrogens is 261 g/mol. The summed E-state index contributed by atoms with van der Waals surface area (Å²) in [6.45, 7) is 4.78. The van der Waals surface area contributed by atoms with E-state index in [4.69, 9.17) is 5.73 Å². The number of halogens is 2. The van der Waals surface area contributed by atoms with Crippen LogP contribution in [0.15, 0.2) is 0 Å². The van der Waals surface area contributed by atoms with Crippen LogP contribution in [0.2, 0.25) is 0 Å². The third kappa shape index (κ3) is 4.28. The van der Waals surface area contributed by atoms with Gasteiger partial charge in [0, 0.05) is 32.1 Å². The average molecular weight is 284 g/mol. The van der Waals surface area contributed by atoms with Gasteiger partial charge in [0.15, 0.2) is 0 Å². The lowest BCUT2D eigenvalue weighted by Gasteiger charge is -2.37. The molecule has 0 aromatic carbocycles. The zero-order chi connectivity index (χ0) is 10.7. The minimum absolute atomic E-state index is 0. The molecule has 0 saturated carbocycles. The van der Waals surface area contributed by atoms with E-state index in [1.54, 1.807) is 0 Å². The second kappa shape index (κ2) is 8.14. The highest BCUT2D eigenvalue weighted by atomic mass is 35.5. The van der Waals surface area contributed by atoms with Crippen LogP contribution in [0.25, 0.3) is 0 Å². The van der Waals surface area contributed by atoms with Crippen molar-refractivity contribution in [3.05, 3.63) is 0 Å². The van der Waals surface area contributed by atoms with Gasteiger partial charge in [-0.3, -0.25) is 9.69 Å². The van der Waals surface area contributed by atoms with Gasteiger partial charge in [-0.15, -0.1) is 24.8 Å². The maximum atomic E-state index is 11.8. The highest BCUT2D eigenvalue weighted by Gasteiger charge is 2.31. The van der Waals surface area contributed by atoms with Crippen molar-refractivity contribution in [3.8, 4) is 0 Å². The Morgan fingerprint density at radius 3 is 2.71 bits per heavy atom. The van der Waals surface area contributed by atoms with Crippen molar-refractivity contribution < 1.29 is 4.79 Å². The lowest BCUT2D eigenvalue weighted by molar-refractivity contribution is -0.133. The number of nitrogens with two attached hydrogens (primary N) is 1. The monoisotopic (exact) mass is 283 g/mol. The number of amides is 1. The summed E-state index contributed by atoms with van der Waals surface area (Å²) in [6.07, 6.45) is 4.02. The fraction of sp³-hybridized carbons (Fsp3) is 0.909. The third-order valence-electron chi connectivity index (χ3n) is 3.53. The first-order chi connectivity index (χ1) is 7.31. The smallest absolute Gasteiger partial charge is 0.222 e. The van der Waals surface area contributed by atoms with Crippen molar-refractivity contribution in [2.24, 2.45) is 5.73 Å². The quantitative estimate of drug-likeness (QED) is 0.837. The molecular formula is C11H23Cl2N3O. The number of piperazine rings is 1. The maximum Gasteiger partial charge on any atom is 0.222 e. The minimum Gasteiger partial charge on any atom is -0.340 e. The minimum atomic E-state index is 0. The largest absolute Gasteiger partial charge is 0.340 e. The molecule has 4 nitrogen and oxygen atoms in total. The van der Waals surface area contributed by atoms with Gasteiger partial charge in [0.25, 0.3) is 0 Å². The molecule has 2 aliphatic heterocycles. The first-order valence-electron chi connectivity index (χ1n) is 6.03. The second-order valence-electron chi connectivity index (χ2n) is 4.56. The fourth-order valence-electron chi connectivity index (χ4n) is 2.63. The predicted octanol–water partition coefficient (Wildman–Crippen LogP) is 0.875. The average Bonchev–Trinajstić information content (AvgIpc) is 2.72. The number of hydrogen-bond donors (Lipinski definition) is 1. The SMILES string of the molecule is Cl.Cl.NCCCC(=O)N1CCN2CCCC2C1. The highest BCUT2D eigenvalue weighted by Crippen LogP contribution is 2.21. The predicted molar refractivity (Wildman–Crippen MR) is 74.0 cm³/mol. The van der Waals surface area contributed by atoms with Crippen LogP contribution in [0.5, 0.6) is 0 Å². The van der Waals surface area contributed by atoms with Gasteiger partial charge in [-0.25, -0.2) is 0 Å². The zero-order valence-electron chi connectivity index (χ0n) is 10.1. The molecule has 6 heteroatoms. The van der Waals surface area contributed by atoms with Crippen molar-refractivity contribution in [1.82, 2.24) is 9.80 Å². The van der Waals surface area contributed by atoms with Crippen LogP contribution in [-0.4, -0.2) is 54.5 Å². The summed E-state index contributed by atoms with van der Waals surface area (Å²) in [5.41, 5.74) is 5.41. The summed E-state index contributed by atoms with van der Waals surface area (Å²) in [7, 11) is 0. The van der Waals surface area contributed by atoms with Crippen LogP contribution < -0.4 is 5.73 Å². The van der Waals surface area contributed by atoms with Crippen molar-refractivity contribution in [2.45, 2.75) is 31.7 Å². The third-order valence-corrected chi connectivity index (χ3v) is 3.53. The molecule has 2 rings (SSSR count). The van der Waals surface area contributed by atoms with Gasteiger partial charge in [-0.1, -0.05) is 0 Å². The van der Waals surface area contributed by atoms with Crippen molar-refractivity contribution in [1.29, 1.82) is 0 Å². The van der Waals surface area contributed by atoms with E-state index in [2.05, 4.69) is 4.90 Å². The summed E-state index contributed by atoms with van der Waals surface area (Å²) in [5.74, 6) is 0.298. The molecule has 1 atom stereocenters. The molecule has 2 aliphatic rings. The molecule has 2 heterocycles. The second-order valence-corrected chi connectivity index (χ2v) is 4.56. The van der Waals surface area contributed by atoms with Crippen LogP contribution in [0.1, 0.15) is 25.7 Å². The Morgan fingerprint density at radius 2 is 2.00 bits per heavy atom. The Labute approximate surface area is 116 Å². The molecule has 0 aliphatic carbocycles. The van der Waals surface area contributed by atoms with Crippen molar-refractivity contribution >= 4 is 30.7 Å². The van der Waals surface area contributed by atoms with Gasteiger partial charge >= 0.3 is 0 Å². The summed E-state index contributed by atoms with van der Waals surface area (Å²) in [4.78, 5) is 16.3. The van der Waals surface area contributed by atoms with Crippen LogP contribution in [0, 0.1) is 0 Å². The zero-order valence-corrected chi connectivity index (χ0v) is 11.8. The van der Waals surface area contributed by atoms with E-state index in [1.165, 1.54) is 19.4 Å². The molecule has 102 valence electrons. The van der Waals surface area contributed by atoms with E-state index in [0.717, 1.165) is 26.1 Å². The molecule has 2 N–H and O–H groups in total. The van der Waals surface area contributed by atoms with E-state index >= 15 is 0 Å². The normalized spacial score (nSPS) is 23.6. The standard InChI is InChI=1S/C11H21N3O.2ClH/c12-5-1-4-11(15)14-8-7-13-6-2-3-10(13)9-14;;/h10H,1-9,12H2;2*1H. The van der Waals surface area contributed by atoms with Crippen LogP contribution >= 0.6 is 24.8 Å². The van der Waals surface area contributed by atoms with Gasteiger partial charge < -0.3 is 10.6 Å². The van der Waals surface area contributed by atoms with E-state index in [-0.39, 0.29) is 24.8 Å². The first-order valence-corrected chi connectivity index (χ1v) is 6.03. The molecule has 2 saturated heterocycles. The Kier molecular flexibility index (Phi) is 8.12. The molecule has 1 unspecified atom stereocenters. The van der Waals surface area contributed by atoms with Crippen molar-refractivity contribution in [3.63, 3.8) is 0 Å². The van der Waals surface area contributed by atoms with Gasteiger partial charge in [0.2, 0.25) is 5.91 Å². The Bertz CT molecular complexity index is 241. The molecule has 2 fully saturated rings. The Hall–Kier alpha value is -0.0300. The molecule has 0 radical (unpaired) electrons. The van der Waals surface area contributed by atoms with E-state index in [0.29, 0.717) is 24.9 Å². The van der Waals surface area contributed by atoms with Crippen LogP contribution in [0.3, 0.4) is 0 Å². The van der Waals surface area contributed by atoms with Gasteiger partial charge in [0.1, 0.15) is 0 Å². The fourth-order valence-corrected chi connectivity index (χ4v) is 2.63.